The van der Waals surface area contributed by atoms with Gasteiger partial charge in [0.15, 0.2) is 5.78 Å². The number of halogens is 1. The van der Waals surface area contributed by atoms with E-state index < -0.39 is 0 Å². The summed E-state index contributed by atoms with van der Waals surface area (Å²) in [5, 5.41) is 0.653. The van der Waals surface area contributed by atoms with Gasteiger partial charge in [-0.3, -0.25) is 9.69 Å². The van der Waals surface area contributed by atoms with Crippen molar-refractivity contribution in [3.63, 3.8) is 0 Å². The molecule has 0 spiro atoms. The second kappa shape index (κ2) is 5.83. The van der Waals surface area contributed by atoms with Crippen molar-refractivity contribution in [1.82, 2.24) is 4.90 Å². The van der Waals surface area contributed by atoms with Crippen LogP contribution in [0.4, 0.5) is 0 Å². The maximum Gasteiger partial charge on any atom is 0.176 e. The van der Waals surface area contributed by atoms with Crippen molar-refractivity contribution in [2.75, 3.05) is 19.6 Å². The van der Waals surface area contributed by atoms with E-state index in [1.807, 2.05) is 13.8 Å². The number of nitrogens with zero attached hydrogens (tertiary/aromatic N) is 1. The van der Waals surface area contributed by atoms with Crippen molar-refractivity contribution in [3.05, 3.63) is 34.9 Å². The Balaban J connectivity index is 1.96. The molecule has 1 heterocycles. The Kier molecular flexibility index (Phi) is 4.38. The number of morpholine rings is 1. The number of hydrogen-bond acceptors (Lipinski definition) is 3. The highest BCUT2D eigenvalue weighted by Crippen LogP contribution is 2.13. The molecule has 0 radical (unpaired) electrons. The van der Waals surface area contributed by atoms with E-state index in [2.05, 4.69) is 4.90 Å². The highest BCUT2D eigenvalue weighted by Gasteiger charge is 2.23. The summed E-state index contributed by atoms with van der Waals surface area (Å²) in [4.78, 5) is 14.3. The lowest BCUT2D eigenvalue weighted by atomic mass is 10.1. The molecule has 4 heteroatoms. The maximum atomic E-state index is 12.1. The Bertz CT molecular complexity index is 408. The zero-order valence-corrected chi connectivity index (χ0v) is 11.5. The monoisotopic (exact) mass is 267 g/mol. The van der Waals surface area contributed by atoms with Gasteiger partial charge >= 0.3 is 0 Å². The fourth-order valence-electron chi connectivity index (χ4n) is 2.34. The standard InChI is InChI=1S/C14H18ClNO2/c1-10-7-16(8-11(2)18-10)9-14(17)12-3-5-13(15)6-4-12/h3-6,10-11H,7-9H2,1-2H3/t10-,11-/m0/s1. The number of benzene rings is 1. The van der Waals surface area contributed by atoms with Crippen LogP contribution in [0.3, 0.4) is 0 Å². The van der Waals surface area contributed by atoms with E-state index in [-0.39, 0.29) is 18.0 Å². The van der Waals surface area contributed by atoms with Crippen LogP contribution in [0.25, 0.3) is 0 Å². The molecule has 0 bridgehead atoms. The minimum absolute atomic E-state index is 0.132. The van der Waals surface area contributed by atoms with E-state index in [0.29, 0.717) is 17.1 Å². The molecule has 1 aromatic rings. The summed E-state index contributed by atoms with van der Waals surface area (Å²) in [6.07, 6.45) is 0.374. The SMILES string of the molecule is C[C@H]1CN(CC(=O)c2ccc(Cl)cc2)C[C@H](C)O1. The first-order valence-corrected chi connectivity index (χ1v) is 6.59. The third kappa shape index (κ3) is 3.55. The fourth-order valence-corrected chi connectivity index (χ4v) is 2.47. The molecule has 2 rings (SSSR count). The molecule has 2 atom stereocenters. The van der Waals surface area contributed by atoms with Crippen LogP contribution in [-0.2, 0) is 4.74 Å². The largest absolute Gasteiger partial charge is 0.373 e. The molecule has 0 saturated carbocycles. The Morgan fingerprint density at radius 3 is 2.39 bits per heavy atom. The predicted octanol–water partition coefficient (Wildman–Crippen LogP) is 2.63. The van der Waals surface area contributed by atoms with Gasteiger partial charge < -0.3 is 4.74 Å². The summed E-state index contributed by atoms with van der Waals surface area (Å²) in [6.45, 7) is 6.14. The van der Waals surface area contributed by atoms with Gasteiger partial charge in [-0.1, -0.05) is 11.6 Å². The number of carbonyl (C=O) groups is 1. The second-order valence-electron chi connectivity index (χ2n) is 4.88. The zero-order valence-electron chi connectivity index (χ0n) is 10.7. The summed E-state index contributed by atoms with van der Waals surface area (Å²) in [6, 6.07) is 7.05. The molecule has 1 aliphatic rings. The number of hydrogen-bond donors (Lipinski definition) is 0. The van der Waals surface area contributed by atoms with Crippen LogP contribution in [0.1, 0.15) is 24.2 Å². The Hall–Kier alpha value is -0.900. The topological polar surface area (TPSA) is 29.5 Å². The van der Waals surface area contributed by atoms with Crippen molar-refractivity contribution in [2.24, 2.45) is 0 Å². The molecule has 0 N–H and O–H groups in total. The summed E-state index contributed by atoms with van der Waals surface area (Å²) >= 11 is 5.81. The summed E-state index contributed by atoms with van der Waals surface area (Å²) in [7, 11) is 0. The molecule has 98 valence electrons. The van der Waals surface area contributed by atoms with Crippen LogP contribution in [0.5, 0.6) is 0 Å². The molecule has 0 amide bonds. The average Bonchev–Trinajstić information content (AvgIpc) is 2.28. The van der Waals surface area contributed by atoms with Crippen molar-refractivity contribution < 1.29 is 9.53 Å². The summed E-state index contributed by atoms with van der Waals surface area (Å²) < 4.78 is 5.65. The third-order valence-electron chi connectivity index (χ3n) is 3.03. The normalized spacial score (nSPS) is 25.1. The number of Topliss-reactive ketones (excluding diaryl/α,β-unsaturated/α-hetero) is 1. The molecule has 1 fully saturated rings. The number of rotatable bonds is 3. The van der Waals surface area contributed by atoms with Crippen LogP contribution in [0.2, 0.25) is 5.02 Å². The molecule has 1 aliphatic heterocycles. The fraction of sp³-hybridized carbons (Fsp3) is 0.500. The van der Waals surface area contributed by atoms with E-state index in [1.165, 1.54) is 0 Å². The van der Waals surface area contributed by atoms with E-state index >= 15 is 0 Å². The van der Waals surface area contributed by atoms with Crippen LogP contribution in [-0.4, -0.2) is 42.5 Å². The van der Waals surface area contributed by atoms with E-state index in [1.54, 1.807) is 24.3 Å². The molecule has 0 unspecified atom stereocenters. The van der Waals surface area contributed by atoms with Crippen molar-refractivity contribution in [3.8, 4) is 0 Å². The Morgan fingerprint density at radius 2 is 1.83 bits per heavy atom. The van der Waals surface area contributed by atoms with Crippen molar-refractivity contribution in [1.29, 1.82) is 0 Å². The highest BCUT2D eigenvalue weighted by atomic mass is 35.5. The number of carbonyl (C=O) groups excluding carboxylic acids is 1. The predicted molar refractivity (Wildman–Crippen MR) is 72.2 cm³/mol. The lowest BCUT2D eigenvalue weighted by molar-refractivity contribution is -0.0652. The van der Waals surface area contributed by atoms with Crippen molar-refractivity contribution in [2.45, 2.75) is 26.1 Å². The van der Waals surface area contributed by atoms with E-state index in [9.17, 15) is 4.79 Å². The first-order chi connectivity index (χ1) is 8.54. The Labute approximate surface area is 113 Å². The first-order valence-electron chi connectivity index (χ1n) is 6.21. The van der Waals surface area contributed by atoms with Gasteiger partial charge in [-0.05, 0) is 38.1 Å². The third-order valence-corrected chi connectivity index (χ3v) is 3.28. The van der Waals surface area contributed by atoms with Gasteiger partial charge in [0.2, 0.25) is 0 Å². The summed E-state index contributed by atoms with van der Waals surface area (Å²) in [5.41, 5.74) is 0.714. The molecule has 18 heavy (non-hydrogen) atoms. The van der Waals surface area contributed by atoms with E-state index in [0.717, 1.165) is 13.1 Å². The minimum atomic E-state index is 0.132. The smallest absolute Gasteiger partial charge is 0.176 e. The van der Waals surface area contributed by atoms with Crippen molar-refractivity contribution >= 4 is 17.4 Å². The molecular formula is C14H18ClNO2. The zero-order chi connectivity index (χ0) is 13.1. The first kappa shape index (κ1) is 13.5. The van der Waals surface area contributed by atoms with Gasteiger partial charge in [0.1, 0.15) is 0 Å². The molecular weight excluding hydrogens is 250 g/mol. The van der Waals surface area contributed by atoms with E-state index in [4.69, 9.17) is 16.3 Å². The molecule has 1 aromatic carbocycles. The van der Waals surface area contributed by atoms with Crippen LogP contribution in [0, 0.1) is 0 Å². The Morgan fingerprint density at radius 1 is 1.28 bits per heavy atom. The molecule has 1 saturated heterocycles. The molecule has 3 nitrogen and oxygen atoms in total. The van der Waals surface area contributed by atoms with Gasteiger partial charge in [-0.25, -0.2) is 0 Å². The quantitative estimate of drug-likeness (QED) is 0.789. The molecule has 0 aliphatic carbocycles. The van der Waals surface area contributed by atoms with Gasteiger partial charge in [0.25, 0.3) is 0 Å². The van der Waals surface area contributed by atoms with Crippen LogP contribution >= 0.6 is 11.6 Å². The summed E-state index contributed by atoms with van der Waals surface area (Å²) in [5.74, 6) is 0.132. The van der Waals surface area contributed by atoms with Gasteiger partial charge in [0, 0.05) is 23.7 Å². The van der Waals surface area contributed by atoms with Gasteiger partial charge in [-0.15, -0.1) is 0 Å². The average molecular weight is 268 g/mol. The second-order valence-corrected chi connectivity index (χ2v) is 5.32. The van der Waals surface area contributed by atoms with Gasteiger partial charge in [0.05, 0.1) is 18.8 Å². The highest BCUT2D eigenvalue weighted by molar-refractivity contribution is 6.30. The lowest BCUT2D eigenvalue weighted by Gasteiger charge is -2.34. The number of ketones is 1. The van der Waals surface area contributed by atoms with Crippen LogP contribution < -0.4 is 0 Å². The van der Waals surface area contributed by atoms with Crippen LogP contribution in [0.15, 0.2) is 24.3 Å². The van der Waals surface area contributed by atoms with Gasteiger partial charge in [-0.2, -0.15) is 0 Å². The number of ether oxygens (including phenoxy) is 1. The minimum Gasteiger partial charge on any atom is -0.373 e. The maximum absolute atomic E-state index is 12.1. The molecule has 0 aromatic heterocycles. The lowest BCUT2D eigenvalue weighted by Crippen LogP contribution is -2.47.